The Labute approximate surface area is 143 Å². The Morgan fingerprint density at radius 2 is 1.75 bits per heavy atom. The van der Waals surface area contributed by atoms with Crippen molar-refractivity contribution in [1.82, 2.24) is 0 Å². The molecule has 0 aliphatic heterocycles. The molecule has 0 amide bonds. The first kappa shape index (κ1) is 15.4. The maximum absolute atomic E-state index is 6.05. The van der Waals surface area contributed by atoms with E-state index in [9.17, 15) is 0 Å². The molecule has 3 atom stereocenters. The van der Waals surface area contributed by atoms with Crippen LogP contribution in [-0.2, 0) is 5.41 Å². The lowest BCUT2D eigenvalue weighted by molar-refractivity contribution is 0.266. The summed E-state index contributed by atoms with van der Waals surface area (Å²) in [6.45, 7) is 0. The smallest absolute Gasteiger partial charge is 0.0406 e. The van der Waals surface area contributed by atoms with E-state index in [4.69, 9.17) is 11.6 Å². The van der Waals surface area contributed by atoms with Gasteiger partial charge in [-0.1, -0.05) is 62.0 Å². The molecule has 2 aliphatic rings. The van der Waals surface area contributed by atoms with Gasteiger partial charge in [-0.25, -0.2) is 0 Å². The van der Waals surface area contributed by atoms with E-state index in [2.05, 4.69) is 44.0 Å². The summed E-state index contributed by atoms with van der Waals surface area (Å²) in [5.74, 6) is 2.93. The first-order valence-corrected chi connectivity index (χ1v) is 10.2. The Morgan fingerprint density at radius 1 is 1.05 bits per heavy atom. The van der Waals surface area contributed by atoms with Gasteiger partial charge in [-0.05, 0) is 61.1 Å². The van der Waals surface area contributed by atoms with E-state index < -0.39 is 0 Å². The van der Waals surface area contributed by atoms with Gasteiger partial charge >= 0.3 is 0 Å². The second-order valence-corrected chi connectivity index (χ2v) is 8.25. The highest BCUT2D eigenvalue weighted by atomic mass is 79.9. The van der Waals surface area contributed by atoms with Gasteiger partial charge in [0.15, 0.2) is 0 Å². The van der Waals surface area contributed by atoms with Crippen molar-refractivity contribution in [3.63, 3.8) is 0 Å². The molecular formula is C17H21Br2Cl. The van der Waals surface area contributed by atoms with E-state index in [1.807, 2.05) is 12.1 Å². The summed E-state index contributed by atoms with van der Waals surface area (Å²) in [7, 11) is 0. The van der Waals surface area contributed by atoms with E-state index >= 15 is 0 Å². The zero-order valence-electron chi connectivity index (χ0n) is 11.6. The number of halogens is 3. The summed E-state index contributed by atoms with van der Waals surface area (Å²) in [6, 6.07) is 8.46. The van der Waals surface area contributed by atoms with E-state index in [1.54, 1.807) is 0 Å². The molecule has 3 heteroatoms. The van der Waals surface area contributed by atoms with Crippen molar-refractivity contribution in [3.05, 3.63) is 34.9 Å². The fourth-order valence-electron chi connectivity index (χ4n) is 4.35. The molecule has 1 aromatic rings. The van der Waals surface area contributed by atoms with Crippen molar-refractivity contribution < 1.29 is 0 Å². The van der Waals surface area contributed by atoms with Crippen LogP contribution in [0.1, 0.15) is 37.7 Å². The van der Waals surface area contributed by atoms with Crippen molar-refractivity contribution in [2.45, 2.75) is 37.5 Å². The van der Waals surface area contributed by atoms with Crippen LogP contribution in [0.4, 0.5) is 0 Å². The van der Waals surface area contributed by atoms with Crippen LogP contribution >= 0.6 is 43.5 Å². The Bertz CT molecular complexity index is 453. The summed E-state index contributed by atoms with van der Waals surface area (Å²) < 4.78 is 0. The number of rotatable bonds is 5. The zero-order chi connectivity index (χ0) is 14.2. The van der Waals surface area contributed by atoms with Crippen LogP contribution in [0.3, 0.4) is 0 Å². The molecule has 3 unspecified atom stereocenters. The van der Waals surface area contributed by atoms with Crippen LogP contribution in [0.25, 0.3) is 0 Å². The Balaban J connectivity index is 1.82. The van der Waals surface area contributed by atoms with Crippen molar-refractivity contribution in [2.75, 3.05) is 10.7 Å². The highest BCUT2D eigenvalue weighted by Crippen LogP contribution is 2.52. The fraction of sp³-hybridized carbons (Fsp3) is 0.647. The van der Waals surface area contributed by atoms with E-state index in [0.717, 1.165) is 33.4 Å². The van der Waals surface area contributed by atoms with E-state index in [-0.39, 0.29) is 5.41 Å². The fourth-order valence-corrected chi connectivity index (χ4v) is 6.51. The molecule has 1 aromatic carbocycles. The van der Waals surface area contributed by atoms with Gasteiger partial charge < -0.3 is 0 Å². The third kappa shape index (κ3) is 2.85. The standard InChI is InChI=1S/C17H21Br2Cl/c18-10-17(11-19,15-3-5-16(20)6-4-15)9-14-8-12-1-2-13(14)7-12/h3-6,12-14H,1-2,7-11H2. The second-order valence-electron chi connectivity index (χ2n) is 6.69. The van der Waals surface area contributed by atoms with Crippen LogP contribution in [0.5, 0.6) is 0 Å². The second kappa shape index (κ2) is 6.30. The van der Waals surface area contributed by atoms with Crippen LogP contribution in [0.2, 0.25) is 5.02 Å². The van der Waals surface area contributed by atoms with E-state index in [1.165, 1.54) is 37.7 Å². The van der Waals surface area contributed by atoms with Crippen molar-refractivity contribution in [2.24, 2.45) is 17.8 Å². The molecular weight excluding hydrogens is 399 g/mol. The van der Waals surface area contributed by atoms with Gasteiger partial charge in [-0.3, -0.25) is 0 Å². The number of benzene rings is 1. The SMILES string of the molecule is Clc1ccc(C(CBr)(CBr)CC2CC3CCC2C3)cc1. The quantitative estimate of drug-likeness (QED) is 0.498. The topological polar surface area (TPSA) is 0 Å². The van der Waals surface area contributed by atoms with Gasteiger partial charge in [0.05, 0.1) is 0 Å². The minimum atomic E-state index is 0.208. The number of fused-ring (bicyclic) bond motifs is 2. The van der Waals surface area contributed by atoms with Gasteiger partial charge in [0.1, 0.15) is 0 Å². The molecule has 20 heavy (non-hydrogen) atoms. The highest BCUT2D eigenvalue weighted by Gasteiger charge is 2.43. The average Bonchev–Trinajstić information content (AvgIpc) is 3.08. The molecule has 0 aromatic heterocycles. The average molecular weight is 421 g/mol. The zero-order valence-corrected chi connectivity index (χ0v) is 15.6. The van der Waals surface area contributed by atoms with E-state index in [0.29, 0.717) is 0 Å². The molecule has 0 radical (unpaired) electrons. The van der Waals surface area contributed by atoms with Crippen LogP contribution in [-0.4, -0.2) is 10.7 Å². The minimum absolute atomic E-state index is 0.208. The predicted octanol–water partition coefficient (Wildman–Crippen LogP) is 6.19. The molecule has 0 N–H and O–H groups in total. The van der Waals surface area contributed by atoms with Crippen LogP contribution in [0, 0.1) is 17.8 Å². The summed E-state index contributed by atoms with van der Waals surface area (Å²) in [6.07, 6.45) is 7.20. The van der Waals surface area contributed by atoms with Gasteiger partial charge in [-0.15, -0.1) is 0 Å². The van der Waals surface area contributed by atoms with Crippen LogP contribution < -0.4 is 0 Å². The van der Waals surface area contributed by atoms with Gasteiger partial charge in [0.25, 0.3) is 0 Å². The Morgan fingerprint density at radius 3 is 2.25 bits per heavy atom. The maximum atomic E-state index is 6.05. The van der Waals surface area contributed by atoms with Crippen molar-refractivity contribution in [1.29, 1.82) is 0 Å². The summed E-state index contributed by atoms with van der Waals surface area (Å²) in [5, 5.41) is 2.85. The van der Waals surface area contributed by atoms with Gasteiger partial charge in [-0.2, -0.15) is 0 Å². The molecule has 2 bridgehead atoms. The predicted molar refractivity (Wildman–Crippen MR) is 94.3 cm³/mol. The lowest BCUT2D eigenvalue weighted by Crippen LogP contribution is -2.34. The Kier molecular flexibility index (Phi) is 4.84. The maximum Gasteiger partial charge on any atom is 0.0406 e. The lowest BCUT2D eigenvalue weighted by atomic mass is 9.72. The molecule has 110 valence electrons. The van der Waals surface area contributed by atoms with Crippen molar-refractivity contribution in [3.8, 4) is 0 Å². The molecule has 0 nitrogen and oxygen atoms in total. The largest absolute Gasteiger partial charge is 0.0918 e. The number of hydrogen-bond acceptors (Lipinski definition) is 0. The summed E-state index contributed by atoms with van der Waals surface area (Å²) >= 11 is 13.6. The normalized spacial score (nSPS) is 29.1. The monoisotopic (exact) mass is 418 g/mol. The van der Waals surface area contributed by atoms with Gasteiger partial charge in [0, 0.05) is 21.1 Å². The molecule has 2 saturated carbocycles. The van der Waals surface area contributed by atoms with Crippen LogP contribution in [0.15, 0.2) is 24.3 Å². The number of alkyl halides is 2. The molecule has 0 heterocycles. The van der Waals surface area contributed by atoms with Gasteiger partial charge in [0.2, 0.25) is 0 Å². The molecule has 0 saturated heterocycles. The van der Waals surface area contributed by atoms with Crippen molar-refractivity contribution >= 4 is 43.5 Å². The first-order chi connectivity index (χ1) is 9.66. The summed E-state index contributed by atoms with van der Waals surface area (Å²) in [5.41, 5.74) is 1.62. The first-order valence-electron chi connectivity index (χ1n) is 7.55. The molecule has 2 fully saturated rings. The summed E-state index contributed by atoms with van der Waals surface area (Å²) in [4.78, 5) is 0. The Hall–Kier alpha value is 0.470. The molecule has 3 rings (SSSR count). The molecule has 2 aliphatic carbocycles. The minimum Gasteiger partial charge on any atom is -0.0918 e. The third-order valence-corrected chi connectivity index (χ3v) is 7.90. The third-order valence-electron chi connectivity index (χ3n) is 5.51. The molecule has 0 spiro atoms. The lowest BCUT2D eigenvalue weighted by Gasteiger charge is -2.36. The number of hydrogen-bond donors (Lipinski definition) is 0. The highest BCUT2D eigenvalue weighted by molar-refractivity contribution is 9.09.